The number of fused-ring (bicyclic) bond motifs is 1. The Hall–Kier alpha value is -2.21. The highest BCUT2D eigenvalue weighted by Crippen LogP contribution is 2.40. The fourth-order valence-corrected chi connectivity index (χ4v) is 4.75. The van der Waals surface area contributed by atoms with Gasteiger partial charge in [0, 0.05) is 31.0 Å². The Morgan fingerprint density at radius 1 is 1.44 bits per heavy atom. The number of halogens is 1. The second-order valence-corrected chi connectivity index (χ2v) is 13.2. The molecule has 1 amide bonds. The second kappa shape index (κ2) is 10.6. The molecular formula is C22H32ClN4O6Si-. The van der Waals surface area contributed by atoms with Gasteiger partial charge in [0.2, 0.25) is 0 Å². The summed E-state index contributed by atoms with van der Waals surface area (Å²) in [4.78, 5) is 29.4. The van der Waals surface area contributed by atoms with E-state index in [0.29, 0.717) is 35.8 Å². The fourth-order valence-electron chi connectivity index (χ4n) is 3.96. The van der Waals surface area contributed by atoms with Crippen molar-refractivity contribution in [1.29, 1.82) is 0 Å². The fraction of sp³-hybridized carbons (Fsp3) is 0.636. The van der Waals surface area contributed by atoms with E-state index in [2.05, 4.69) is 18.1 Å². The number of rotatable bonds is 8. The Bertz CT molecular complexity index is 1050. The number of carbonyl (C=O) groups excluding carboxylic acids is 1. The molecule has 34 heavy (non-hydrogen) atoms. The predicted octanol–water partition coefficient (Wildman–Crippen LogP) is 4.62. The first-order chi connectivity index (χ1) is 15.9. The van der Waals surface area contributed by atoms with Crippen molar-refractivity contribution in [3.8, 4) is 0 Å². The lowest BCUT2D eigenvalue weighted by Crippen LogP contribution is -2.35. The first kappa shape index (κ1) is 26.4. The second-order valence-electron chi connectivity index (χ2n) is 9.86. The van der Waals surface area contributed by atoms with E-state index in [9.17, 15) is 20.0 Å². The van der Waals surface area contributed by atoms with Crippen LogP contribution in [0, 0.1) is 16.0 Å². The van der Waals surface area contributed by atoms with Crippen LogP contribution >= 0.6 is 11.6 Å². The van der Waals surface area contributed by atoms with Crippen LogP contribution in [0.15, 0.2) is 12.3 Å². The molecule has 2 aromatic rings. The van der Waals surface area contributed by atoms with E-state index in [1.807, 2.05) is 0 Å². The summed E-state index contributed by atoms with van der Waals surface area (Å²) in [6.07, 6.45) is -0.0205. The Morgan fingerprint density at radius 3 is 2.76 bits per heavy atom. The van der Waals surface area contributed by atoms with Gasteiger partial charge in [0.1, 0.15) is 29.3 Å². The summed E-state index contributed by atoms with van der Waals surface area (Å²) in [5.74, 6) is -0.398. The monoisotopic (exact) mass is 511 g/mol. The molecule has 0 radical (unpaired) electrons. The molecule has 1 saturated heterocycles. The van der Waals surface area contributed by atoms with Crippen LogP contribution in [0.1, 0.15) is 38.9 Å². The van der Waals surface area contributed by atoms with Crippen molar-refractivity contribution in [3.05, 3.63) is 33.1 Å². The third-order valence-electron chi connectivity index (χ3n) is 5.68. The molecule has 2 aromatic heterocycles. The number of nitrogens with zero attached hydrogens (tertiary/aromatic N) is 4. The summed E-state index contributed by atoms with van der Waals surface area (Å²) < 4.78 is 12.8. The lowest BCUT2D eigenvalue weighted by atomic mass is 9.93. The number of likely N-dealkylation sites (tertiary alicyclic amines) is 1. The largest absolute Gasteiger partial charge is 0.444 e. The van der Waals surface area contributed by atoms with Gasteiger partial charge in [-0.3, -0.25) is 23.5 Å². The van der Waals surface area contributed by atoms with Crippen LogP contribution in [0.25, 0.3) is 11.0 Å². The number of nitro groups is 1. The molecule has 0 spiro atoms. The zero-order valence-electron chi connectivity index (χ0n) is 20.2. The van der Waals surface area contributed by atoms with Crippen LogP contribution in [0.4, 0.5) is 10.5 Å². The van der Waals surface area contributed by atoms with Crippen molar-refractivity contribution >= 4 is 43.2 Å². The van der Waals surface area contributed by atoms with Crippen molar-refractivity contribution in [3.63, 3.8) is 0 Å². The van der Waals surface area contributed by atoms with Gasteiger partial charge in [-0.05, 0) is 33.3 Å². The van der Waals surface area contributed by atoms with Gasteiger partial charge in [-0.25, -0.2) is 9.78 Å². The van der Waals surface area contributed by atoms with Crippen molar-refractivity contribution in [2.24, 2.45) is 5.92 Å². The Balaban J connectivity index is 1.88. The molecule has 1 N–H and O–H groups in total. The van der Waals surface area contributed by atoms with Gasteiger partial charge in [-0.2, -0.15) is 19.1 Å². The van der Waals surface area contributed by atoms with E-state index in [0.717, 1.165) is 12.2 Å². The minimum absolute atomic E-state index is 0.152. The minimum atomic E-state index is -1.18. The number of amides is 1. The van der Waals surface area contributed by atoms with Crippen LogP contribution in [-0.2, 0) is 16.2 Å². The van der Waals surface area contributed by atoms with Gasteiger partial charge in [-0.15, -0.1) is 0 Å². The summed E-state index contributed by atoms with van der Waals surface area (Å²) in [6, 6.07) is 2.56. The maximum Gasteiger partial charge on any atom is 0.410 e. The lowest BCUT2D eigenvalue weighted by molar-refractivity contribution is -0.386. The van der Waals surface area contributed by atoms with Gasteiger partial charge in [0.05, 0.1) is 16.6 Å². The summed E-state index contributed by atoms with van der Waals surface area (Å²) in [5, 5.41) is 23.8. The van der Waals surface area contributed by atoms with Gasteiger partial charge in [0.25, 0.3) is 5.69 Å². The van der Waals surface area contributed by atoms with E-state index < -0.39 is 37.4 Å². The molecule has 10 nitrogen and oxygen atoms in total. The maximum absolute atomic E-state index is 12.4. The maximum atomic E-state index is 12.4. The number of aromatic nitrogens is 2. The van der Waals surface area contributed by atoms with Crippen LogP contribution in [0.2, 0.25) is 24.3 Å². The lowest BCUT2D eigenvalue weighted by Gasteiger charge is -2.25. The van der Waals surface area contributed by atoms with Gasteiger partial charge in [0.15, 0.2) is 0 Å². The summed E-state index contributed by atoms with van der Waals surface area (Å²) in [5.41, 5.74) is -0.360. The van der Waals surface area contributed by atoms with Crippen molar-refractivity contribution in [1.82, 2.24) is 14.5 Å². The first-order valence-corrected chi connectivity index (χ1v) is 14.3. The average molecular weight is 512 g/mol. The molecule has 3 rings (SSSR count). The van der Waals surface area contributed by atoms with E-state index in [1.54, 1.807) is 31.4 Å². The number of carbonyl (C=O) groups is 1. The zero-order valence-corrected chi connectivity index (χ0v) is 22.0. The molecule has 1 fully saturated rings. The normalized spacial score (nSPS) is 17.5. The summed E-state index contributed by atoms with van der Waals surface area (Å²) in [7, 11) is -0.418. The summed E-state index contributed by atoms with van der Waals surface area (Å²) >= 11 is 6.43. The van der Waals surface area contributed by atoms with Crippen LogP contribution in [0.3, 0.4) is 0 Å². The topological polar surface area (TPSA) is 120 Å². The third kappa shape index (κ3) is 6.07. The van der Waals surface area contributed by atoms with E-state index >= 15 is 0 Å². The van der Waals surface area contributed by atoms with Gasteiger partial charge in [-0.1, -0.05) is 11.6 Å². The molecule has 0 aliphatic carbocycles. The Morgan fingerprint density at radius 2 is 2.15 bits per heavy atom. The van der Waals surface area contributed by atoms with Crippen LogP contribution in [-0.4, -0.2) is 64.7 Å². The molecule has 1 aliphatic rings. The van der Waals surface area contributed by atoms with Gasteiger partial charge < -0.3 is 19.5 Å². The molecule has 12 heteroatoms. The SMILES string of the molecule is C[Si-](C)CCOCn1c(Cl)cc2c(C(O)C3CCN(C(=O)OC(C)(C)C)C3)c([N+](=O)[O-])cnc21. The number of hydrogen-bond acceptors (Lipinski definition) is 7. The van der Waals surface area contributed by atoms with Crippen LogP contribution < -0.4 is 0 Å². The molecule has 1 aliphatic heterocycles. The van der Waals surface area contributed by atoms with Crippen molar-refractivity contribution in [2.75, 3.05) is 19.7 Å². The van der Waals surface area contributed by atoms with E-state index in [-0.39, 0.29) is 24.5 Å². The molecule has 2 unspecified atom stereocenters. The third-order valence-corrected chi connectivity index (χ3v) is 7.19. The standard InChI is InChI=1S/C22H32ClN4O6Si/c1-22(2,3)33-21(29)25-7-6-14(12-25)19(28)18-15-10-17(23)26(13-32-8-9-34(4)5)20(15)24-11-16(18)27(30)31/h10-11,14,19,28H,6-9,12-13H2,1-5H3/q-1. The number of hydrogen-bond donors (Lipinski definition) is 1. The summed E-state index contributed by atoms with van der Waals surface area (Å²) in [6.45, 7) is 11.1. The quantitative estimate of drug-likeness (QED) is 0.237. The highest BCUT2D eigenvalue weighted by Gasteiger charge is 2.38. The molecule has 0 bridgehead atoms. The van der Waals surface area contributed by atoms with Crippen LogP contribution in [0.5, 0.6) is 0 Å². The Kier molecular flexibility index (Phi) is 8.22. The van der Waals surface area contributed by atoms with E-state index in [1.165, 1.54) is 4.90 Å². The number of ether oxygens (including phenoxy) is 2. The predicted molar refractivity (Wildman–Crippen MR) is 131 cm³/mol. The minimum Gasteiger partial charge on any atom is -0.444 e. The number of pyridine rings is 1. The zero-order chi connectivity index (χ0) is 25.2. The average Bonchev–Trinajstić information content (AvgIpc) is 3.33. The number of aliphatic hydroxyl groups is 1. The smallest absolute Gasteiger partial charge is 0.410 e. The molecule has 188 valence electrons. The first-order valence-electron chi connectivity index (χ1n) is 11.2. The molecule has 2 atom stereocenters. The number of aliphatic hydroxyl groups excluding tert-OH is 1. The van der Waals surface area contributed by atoms with E-state index in [4.69, 9.17) is 21.1 Å². The molecule has 0 aromatic carbocycles. The molecule has 3 heterocycles. The molecular weight excluding hydrogens is 480 g/mol. The van der Waals surface area contributed by atoms with Gasteiger partial charge >= 0.3 is 6.09 Å². The Labute approximate surface area is 205 Å². The van der Waals surface area contributed by atoms with Crippen molar-refractivity contribution < 1.29 is 24.3 Å². The molecule has 0 saturated carbocycles. The highest BCUT2D eigenvalue weighted by molar-refractivity contribution is 6.55. The highest BCUT2D eigenvalue weighted by atomic mass is 35.5. The van der Waals surface area contributed by atoms with Crippen molar-refractivity contribution in [2.45, 2.75) is 64.8 Å².